The van der Waals surface area contributed by atoms with E-state index in [1.165, 1.54) is 12.1 Å². The van der Waals surface area contributed by atoms with Crippen LogP contribution < -0.4 is 4.74 Å². The molecule has 3 aromatic carbocycles. The Bertz CT molecular complexity index is 1220. The van der Waals surface area contributed by atoms with Crippen molar-refractivity contribution in [1.29, 1.82) is 0 Å². The van der Waals surface area contributed by atoms with E-state index in [0.29, 0.717) is 32.3 Å². The van der Waals surface area contributed by atoms with Gasteiger partial charge in [0.1, 0.15) is 18.2 Å². The molecule has 162 valence electrons. The van der Waals surface area contributed by atoms with E-state index >= 15 is 0 Å². The van der Waals surface area contributed by atoms with E-state index in [4.69, 9.17) is 16.3 Å². The standard InChI is InChI=1S/C24H16BrClFNO3S/c25-19-11-16(7-10-21(19)31-14-17-3-1-2-4-20(17)26)12-22-23(29)28(24(30)32-22)13-15-5-8-18(27)9-6-15/h1-12H,13-14H2/b22-12+. The predicted molar refractivity (Wildman–Crippen MR) is 128 cm³/mol. The SMILES string of the molecule is O=C1S/C(=C/c2ccc(OCc3ccccc3Cl)c(Br)c2)C(=O)N1Cc1ccc(F)cc1. The summed E-state index contributed by atoms with van der Waals surface area (Å²) in [6.45, 7) is 0.417. The summed E-state index contributed by atoms with van der Waals surface area (Å²) >= 11 is 10.5. The third-order valence-electron chi connectivity index (χ3n) is 4.72. The van der Waals surface area contributed by atoms with Gasteiger partial charge in [-0.3, -0.25) is 14.5 Å². The van der Waals surface area contributed by atoms with E-state index in [1.54, 1.807) is 30.3 Å². The molecule has 1 fully saturated rings. The summed E-state index contributed by atoms with van der Waals surface area (Å²) in [6.07, 6.45) is 1.66. The molecule has 0 radical (unpaired) electrons. The quantitative estimate of drug-likeness (QED) is 0.319. The van der Waals surface area contributed by atoms with Gasteiger partial charge < -0.3 is 4.74 Å². The minimum atomic E-state index is -0.375. The minimum absolute atomic E-state index is 0.0980. The fraction of sp³-hybridized carbons (Fsp3) is 0.0833. The third-order valence-corrected chi connectivity index (χ3v) is 6.62. The van der Waals surface area contributed by atoms with Crippen molar-refractivity contribution in [1.82, 2.24) is 4.90 Å². The van der Waals surface area contributed by atoms with Gasteiger partial charge in [-0.1, -0.05) is 48.0 Å². The lowest BCUT2D eigenvalue weighted by molar-refractivity contribution is -0.123. The van der Waals surface area contributed by atoms with Crippen molar-refractivity contribution < 1.29 is 18.7 Å². The second-order valence-corrected chi connectivity index (χ2v) is 9.22. The molecule has 1 heterocycles. The molecule has 1 aliphatic rings. The molecule has 0 N–H and O–H groups in total. The number of amides is 2. The normalized spacial score (nSPS) is 15.0. The van der Waals surface area contributed by atoms with Crippen LogP contribution in [0.15, 0.2) is 76.1 Å². The third kappa shape index (κ3) is 5.23. The van der Waals surface area contributed by atoms with Crippen LogP contribution in [-0.2, 0) is 17.9 Å². The smallest absolute Gasteiger partial charge is 0.293 e. The minimum Gasteiger partial charge on any atom is -0.488 e. The highest BCUT2D eigenvalue weighted by molar-refractivity contribution is 9.10. The highest BCUT2D eigenvalue weighted by Gasteiger charge is 2.35. The maximum Gasteiger partial charge on any atom is 0.293 e. The maximum atomic E-state index is 13.1. The van der Waals surface area contributed by atoms with Gasteiger partial charge in [0.15, 0.2) is 0 Å². The van der Waals surface area contributed by atoms with Gasteiger partial charge in [-0.05, 0) is 75.2 Å². The zero-order chi connectivity index (χ0) is 22.7. The first-order chi connectivity index (χ1) is 15.4. The van der Waals surface area contributed by atoms with E-state index in [9.17, 15) is 14.0 Å². The molecule has 2 amide bonds. The van der Waals surface area contributed by atoms with Crippen LogP contribution in [0.5, 0.6) is 5.75 Å². The summed E-state index contributed by atoms with van der Waals surface area (Å²) < 4.78 is 19.6. The summed E-state index contributed by atoms with van der Waals surface area (Å²) in [5, 5.41) is 0.279. The van der Waals surface area contributed by atoms with Crippen LogP contribution in [0.4, 0.5) is 9.18 Å². The molecular formula is C24H16BrClFNO3S. The Kier molecular flexibility index (Phi) is 6.98. The molecule has 0 atom stereocenters. The summed E-state index contributed by atoms with van der Waals surface area (Å²) in [5.41, 5.74) is 2.30. The van der Waals surface area contributed by atoms with Crippen LogP contribution in [0.25, 0.3) is 6.08 Å². The van der Waals surface area contributed by atoms with E-state index < -0.39 is 0 Å². The molecule has 8 heteroatoms. The number of hydrogen-bond donors (Lipinski definition) is 0. The molecule has 32 heavy (non-hydrogen) atoms. The second-order valence-electron chi connectivity index (χ2n) is 6.96. The van der Waals surface area contributed by atoms with Crippen LogP contribution in [0.1, 0.15) is 16.7 Å². The fourth-order valence-corrected chi connectivity index (χ4v) is 4.59. The Labute approximate surface area is 202 Å². The summed E-state index contributed by atoms with van der Waals surface area (Å²) in [6, 6.07) is 18.6. The van der Waals surface area contributed by atoms with Crippen molar-refractivity contribution in [3.63, 3.8) is 0 Å². The van der Waals surface area contributed by atoms with Crippen LogP contribution in [0, 0.1) is 5.82 Å². The molecule has 1 saturated heterocycles. The Morgan fingerprint density at radius 3 is 2.53 bits per heavy atom. The van der Waals surface area contributed by atoms with E-state index in [-0.39, 0.29) is 23.5 Å². The molecule has 0 saturated carbocycles. The van der Waals surface area contributed by atoms with Gasteiger partial charge in [-0.15, -0.1) is 0 Å². The second kappa shape index (κ2) is 9.90. The number of imide groups is 1. The Morgan fingerprint density at radius 1 is 1.06 bits per heavy atom. The van der Waals surface area contributed by atoms with Gasteiger partial charge in [0, 0.05) is 10.6 Å². The number of benzene rings is 3. The summed E-state index contributed by atoms with van der Waals surface area (Å²) in [7, 11) is 0. The van der Waals surface area contributed by atoms with Crippen molar-refractivity contribution in [3.8, 4) is 5.75 Å². The van der Waals surface area contributed by atoms with Crippen molar-refractivity contribution in [2.75, 3.05) is 0 Å². The predicted octanol–water partition coefficient (Wildman–Crippen LogP) is 7.06. The lowest BCUT2D eigenvalue weighted by atomic mass is 10.2. The number of carbonyl (C=O) groups is 2. The van der Waals surface area contributed by atoms with Crippen LogP contribution in [-0.4, -0.2) is 16.0 Å². The molecule has 3 aromatic rings. The molecule has 0 spiro atoms. The Hall–Kier alpha value is -2.61. The van der Waals surface area contributed by atoms with Crippen molar-refractivity contribution in [2.24, 2.45) is 0 Å². The molecule has 0 aromatic heterocycles. The Morgan fingerprint density at radius 2 is 1.81 bits per heavy atom. The van der Waals surface area contributed by atoms with Crippen LogP contribution >= 0.6 is 39.3 Å². The molecule has 1 aliphatic heterocycles. The average molecular weight is 533 g/mol. The van der Waals surface area contributed by atoms with Gasteiger partial charge in [0.25, 0.3) is 11.1 Å². The highest BCUT2D eigenvalue weighted by Crippen LogP contribution is 2.35. The highest BCUT2D eigenvalue weighted by atomic mass is 79.9. The number of carbonyl (C=O) groups excluding carboxylic acids is 2. The number of thioether (sulfide) groups is 1. The molecular weight excluding hydrogens is 517 g/mol. The Balaban J connectivity index is 1.45. The first kappa shape index (κ1) is 22.6. The zero-order valence-corrected chi connectivity index (χ0v) is 19.7. The zero-order valence-electron chi connectivity index (χ0n) is 16.6. The number of halogens is 3. The van der Waals surface area contributed by atoms with Gasteiger partial charge in [-0.25, -0.2) is 4.39 Å². The molecule has 4 nitrogen and oxygen atoms in total. The van der Waals surface area contributed by atoms with Crippen LogP contribution in [0.3, 0.4) is 0 Å². The lowest BCUT2D eigenvalue weighted by Crippen LogP contribution is -2.27. The van der Waals surface area contributed by atoms with E-state index in [1.807, 2.05) is 30.3 Å². The topological polar surface area (TPSA) is 46.6 Å². The fourth-order valence-electron chi connectivity index (χ4n) is 3.05. The van der Waals surface area contributed by atoms with Crippen molar-refractivity contribution in [2.45, 2.75) is 13.2 Å². The lowest BCUT2D eigenvalue weighted by Gasteiger charge is -2.12. The molecule has 0 aliphatic carbocycles. The van der Waals surface area contributed by atoms with E-state index in [2.05, 4.69) is 15.9 Å². The maximum absolute atomic E-state index is 13.1. The van der Waals surface area contributed by atoms with Crippen LogP contribution in [0.2, 0.25) is 5.02 Å². The van der Waals surface area contributed by atoms with Gasteiger partial charge in [0.2, 0.25) is 0 Å². The first-order valence-corrected chi connectivity index (χ1v) is 11.5. The van der Waals surface area contributed by atoms with Gasteiger partial charge >= 0.3 is 0 Å². The number of nitrogens with zero attached hydrogens (tertiary/aromatic N) is 1. The largest absolute Gasteiger partial charge is 0.488 e. The van der Waals surface area contributed by atoms with Gasteiger partial charge in [0.05, 0.1) is 15.9 Å². The monoisotopic (exact) mass is 531 g/mol. The van der Waals surface area contributed by atoms with Crippen molar-refractivity contribution in [3.05, 3.63) is 104 Å². The molecule has 0 bridgehead atoms. The van der Waals surface area contributed by atoms with Gasteiger partial charge in [-0.2, -0.15) is 0 Å². The summed E-state index contributed by atoms with van der Waals surface area (Å²) in [5.74, 6) is -0.112. The number of rotatable bonds is 6. The summed E-state index contributed by atoms with van der Waals surface area (Å²) in [4.78, 5) is 26.5. The molecule has 0 unspecified atom stereocenters. The first-order valence-electron chi connectivity index (χ1n) is 9.56. The van der Waals surface area contributed by atoms with E-state index in [0.717, 1.165) is 27.8 Å². The average Bonchev–Trinajstić information content (AvgIpc) is 3.03. The number of ether oxygens (including phenoxy) is 1. The number of hydrogen-bond acceptors (Lipinski definition) is 4. The molecule has 4 rings (SSSR count). The van der Waals surface area contributed by atoms with Crippen molar-refractivity contribution >= 4 is 56.5 Å².